The van der Waals surface area contributed by atoms with Crippen LogP contribution in [-0.4, -0.2) is 71.0 Å². The van der Waals surface area contributed by atoms with E-state index < -0.39 is 42.0 Å². The van der Waals surface area contributed by atoms with Crippen LogP contribution >= 0.6 is 0 Å². The van der Waals surface area contributed by atoms with Gasteiger partial charge in [-0.2, -0.15) is 0 Å². The number of amides is 3. The van der Waals surface area contributed by atoms with Crippen molar-refractivity contribution in [3.05, 3.63) is 35.9 Å². The van der Waals surface area contributed by atoms with Crippen LogP contribution in [0.25, 0.3) is 0 Å². The molecule has 0 aliphatic carbocycles. The van der Waals surface area contributed by atoms with Gasteiger partial charge in [0.25, 0.3) is 0 Å². The molecular formula is C25H39N5O5. The summed E-state index contributed by atoms with van der Waals surface area (Å²) in [4.78, 5) is 52.4. The lowest BCUT2D eigenvalue weighted by Gasteiger charge is -2.30. The minimum Gasteiger partial charge on any atom is -0.480 e. The Hall–Kier alpha value is -2.98. The first-order valence-corrected chi connectivity index (χ1v) is 12.3. The third-order valence-electron chi connectivity index (χ3n) is 6.32. The normalized spacial score (nSPS) is 18.1. The molecule has 194 valence electrons. The van der Waals surface area contributed by atoms with E-state index in [2.05, 4.69) is 10.6 Å². The van der Waals surface area contributed by atoms with E-state index in [1.54, 1.807) is 0 Å². The fraction of sp³-hybridized carbons (Fsp3) is 0.600. The molecule has 10 heteroatoms. The van der Waals surface area contributed by atoms with E-state index in [0.717, 1.165) is 5.56 Å². The topological polar surface area (TPSA) is 168 Å². The molecule has 10 nitrogen and oxygen atoms in total. The molecule has 3 amide bonds. The predicted octanol–water partition coefficient (Wildman–Crippen LogP) is 0.387. The van der Waals surface area contributed by atoms with Crippen molar-refractivity contribution >= 4 is 23.7 Å². The van der Waals surface area contributed by atoms with Crippen LogP contribution in [-0.2, 0) is 25.6 Å². The minimum atomic E-state index is -1.12. The summed E-state index contributed by atoms with van der Waals surface area (Å²) in [5.41, 5.74) is 12.3. The number of aliphatic carboxylic acids is 1. The fourth-order valence-electron chi connectivity index (χ4n) is 4.14. The van der Waals surface area contributed by atoms with Crippen molar-refractivity contribution in [2.75, 3.05) is 13.1 Å². The highest BCUT2D eigenvalue weighted by atomic mass is 16.4. The molecule has 1 saturated heterocycles. The molecule has 1 fully saturated rings. The standard InChI is InChI=1S/C25H39N5O5/c1-16(2)21(27)23(32)29-19(15-17-9-4-3-5-10-17)24(33)30-14-8-12-20(30)22(31)28-18(25(34)35)11-6-7-13-26/h3-5,9-10,16,18-21H,6-8,11-15,26-27H2,1-2H3,(H,28,31)(H,29,32)(H,34,35). The Balaban J connectivity index is 2.17. The van der Waals surface area contributed by atoms with Crippen LogP contribution in [0.4, 0.5) is 0 Å². The predicted molar refractivity (Wildman–Crippen MR) is 132 cm³/mol. The number of carbonyl (C=O) groups excluding carboxylic acids is 3. The molecule has 0 aromatic heterocycles. The summed E-state index contributed by atoms with van der Waals surface area (Å²) in [6.45, 7) is 4.44. The molecule has 1 heterocycles. The second kappa shape index (κ2) is 13.8. The summed E-state index contributed by atoms with van der Waals surface area (Å²) in [5, 5.41) is 14.9. The Labute approximate surface area is 206 Å². The van der Waals surface area contributed by atoms with E-state index in [4.69, 9.17) is 11.5 Å². The van der Waals surface area contributed by atoms with Crippen LogP contribution in [0, 0.1) is 5.92 Å². The van der Waals surface area contributed by atoms with E-state index in [0.29, 0.717) is 38.8 Å². The van der Waals surface area contributed by atoms with Crippen molar-refractivity contribution in [1.29, 1.82) is 0 Å². The van der Waals surface area contributed by atoms with Crippen LogP contribution in [0.15, 0.2) is 30.3 Å². The molecule has 1 aliphatic heterocycles. The van der Waals surface area contributed by atoms with Crippen molar-refractivity contribution in [2.45, 2.75) is 76.5 Å². The van der Waals surface area contributed by atoms with Crippen molar-refractivity contribution < 1.29 is 24.3 Å². The van der Waals surface area contributed by atoms with Crippen molar-refractivity contribution in [3.63, 3.8) is 0 Å². The van der Waals surface area contributed by atoms with Gasteiger partial charge in [-0.15, -0.1) is 0 Å². The molecule has 1 aromatic carbocycles. The largest absolute Gasteiger partial charge is 0.480 e. The van der Waals surface area contributed by atoms with E-state index >= 15 is 0 Å². The van der Waals surface area contributed by atoms with Crippen LogP contribution < -0.4 is 22.1 Å². The van der Waals surface area contributed by atoms with E-state index in [1.165, 1.54) is 4.90 Å². The molecule has 35 heavy (non-hydrogen) atoms. The summed E-state index contributed by atoms with van der Waals surface area (Å²) >= 11 is 0. The van der Waals surface area contributed by atoms with Gasteiger partial charge in [0.05, 0.1) is 6.04 Å². The lowest BCUT2D eigenvalue weighted by atomic mass is 10.0. The molecule has 7 N–H and O–H groups in total. The number of nitrogens with two attached hydrogens (primary N) is 2. The van der Waals surface area contributed by atoms with Gasteiger partial charge in [0.15, 0.2) is 0 Å². The smallest absolute Gasteiger partial charge is 0.326 e. The van der Waals surface area contributed by atoms with Gasteiger partial charge in [-0.3, -0.25) is 14.4 Å². The molecule has 1 aliphatic rings. The zero-order valence-electron chi connectivity index (χ0n) is 20.6. The third kappa shape index (κ3) is 8.32. The number of hydrogen-bond acceptors (Lipinski definition) is 6. The summed E-state index contributed by atoms with van der Waals surface area (Å²) < 4.78 is 0. The molecular weight excluding hydrogens is 450 g/mol. The maximum Gasteiger partial charge on any atom is 0.326 e. The monoisotopic (exact) mass is 489 g/mol. The Kier molecular flexibility index (Phi) is 11.1. The second-order valence-electron chi connectivity index (χ2n) is 9.39. The van der Waals surface area contributed by atoms with E-state index in [1.807, 2.05) is 44.2 Å². The fourth-order valence-corrected chi connectivity index (χ4v) is 4.14. The third-order valence-corrected chi connectivity index (χ3v) is 6.32. The highest BCUT2D eigenvalue weighted by Crippen LogP contribution is 2.20. The molecule has 0 saturated carbocycles. The van der Waals surface area contributed by atoms with Crippen LogP contribution in [0.5, 0.6) is 0 Å². The second-order valence-corrected chi connectivity index (χ2v) is 9.39. The number of carbonyl (C=O) groups is 4. The highest BCUT2D eigenvalue weighted by Gasteiger charge is 2.39. The first-order chi connectivity index (χ1) is 16.6. The van der Waals surface area contributed by atoms with Gasteiger partial charge in [0.1, 0.15) is 18.1 Å². The number of carboxylic acid groups (broad SMARTS) is 1. The maximum atomic E-state index is 13.6. The van der Waals surface area contributed by atoms with Crippen LogP contribution in [0.2, 0.25) is 0 Å². The van der Waals surface area contributed by atoms with E-state index in [-0.39, 0.29) is 24.7 Å². The Bertz CT molecular complexity index is 863. The number of nitrogens with one attached hydrogen (secondary N) is 2. The summed E-state index contributed by atoms with van der Waals surface area (Å²) in [5.74, 6) is -2.55. The lowest BCUT2D eigenvalue weighted by molar-refractivity contribution is -0.145. The molecule has 1 aromatic rings. The Morgan fingerprint density at radius 2 is 1.77 bits per heavy atom. The van der Waals surface area contributed by atoms with Gasteiger partial charge in [-0.05, 0) is 50.1 Å². The SMILES string of the molecule is CC(C)C(N)C(=O)NC(Cc1ccccc1)C(=O)N1CCCC1C(=O)NC(CCCCN)C(=O)O. The Morgan fingerprint density at radius 1 is 1.09 bits per heavy atom. The summed E-state index contributed by atoms with van der Waals surface area (Å²) in [7, 11) is 0. The van der Waals surface area contributed by atoms with Gasteiger partial charge in [-0.25, -0.2) is 4.79 Å². The minimum absolute atomic E-state index is 0.111. The van der Waals surface area contributed by atoms with Gasteiger partial charge >= 0.3 is 5.97 Å². The lowest BCUT2D eigenvalue weighted by Crippen LogP contribution is -2.57. The van der Waals surface area contributed by atoms with Gasteiger partial charge in [0.2, 0.25) is 17.7 Å². The first-order valence-electron chi connectivity index (χ1n) is 12.3. The zero-order valence-corrected chi connectivity index (χ0v) is 20.6. The van der Waals surface area contributed by atoms with Crippen molar-refractivity contribution in [1.82, 2.24) is 15.5 Å². The van der Waals surface area contributed by atoms with Gasteiger partial charge < -0.3 is 32.1 Å². The van der Waals surface area contributed by atoms with E-state index in [9.17, 15) is 24.3 Å². The molecule has 0 bridgehead atoms. The quantitative estimate of drug-likeness (QED) is 0.250. The van der Waals surface area contributed by atoms with Gasteiger partial charge in [-0.1, -0.05) is 44.2 Å². The van der Waals surface area contributed by atoms with Crippen molar-refractivity contribution in [2.24, 2.45) is 17.4 Å². The average Bonchev–Trinajstić information content (AvgIpc) is 3.32. The van der Waals surface area contributed by atoms with Crippen LogP contribution in [0.1, 0.15) is 51.5 Å². The average molecular weight is 490 g/mol. The molecule has 0 radical (unpaired) electrons. The Morgan fingerprint density at radius 3 is 2.37 bits per heavy atom. The van der Waals surface area contributed by atoms with Gasteiger partial charge in [0, 0.05) is 13.0 Å². The van der Waals surface area contributed by atoms with Crippen LogP contribution in [0.3, 0.4) is 0 Å². The summed E-state index contributed by atoms with van der Waals surface area (Å²) in [6.07, 6.45) is 2.77. The molecule has 2 rings (SSSR count). The highest BCUT2D eigenvalue weighted by molar-refractivity contribution is 5.94. The number of rotatable bonds is 13. The molecule has 4 atom stereocenters. The number of nitrogens with zero attached hydrogens (tertiary/aromatic N) is 1. The number of hydrogen-bond donors (Lipinski definition) is 5. The number of unbranched alkanes of at least 4 members (excludes halogenated alkanes) is 1. The first kappa shape index (κ1) is 28.3. The maximum absolute atomic E-state index is 13.6. The summed E-state index contributed by atoms with van der Waals surface area (Å²) in [6, 6.07) is 5.77. The molecule has 0 spiro atoms. The molecule has 4 unspecified atom stereocenters. The number of benzene rings is 1. The van der Waals surface area contributed by atoms with Crippen molar-refractivity contribution in [3.8, 4) is 0 Å². The zero-order chi connectivity index (χ0) is 26.0. The number of carboxylic acids is 1. The number of likely N-dealkylation sites (tertiary alicyclic amines) is 1.